The van der Waals surface area contributed by atoms with Gasteiger partial charge in [-0.1, -0.05) is 30.3 Å². The summed E-state index contributed by atoms with van der Waals surface area (Å²) < 4.78 is 20.6. The van der Waals surface area contributed by atoms with Gasteiger partial charge in [-0.3, -0.25) is 9.59 Å². The van der Waals surface area contributed by atoms with Crippen LogP contribution in [-0.2, 0) is 11.2 Å². The minimum atomic E-state index is -0.410. The van der Waals surface area contributed by atoms with E-state index in [0.717, 1.165) is 5.56 Å². The Kier molecular flexibility index (Phi) is 6.49. The monoisotopic (exact) mass is 436 g/mol. The van der Waals surface area contributed by atoms with E-state index in [0.29, 0.717) is 37.2 Å². The number of ether oxygens (including phenoxy) is 1. The van der Waals surface area contributed by atoms with Gasteiger partial charge in [0.2, 0.25) is 5.91 Å². The van der Waals surface area contributed by atoms with Crippen molar-refractivity contribution >= 4 is 11.8 Å². The van der Waals surface area contributed by atoms with Crippen LogP contribution in [0.15, 0.2) is 60.9 Å². The Hall–Kier alpha value is -3.68. The van der Waals surface area contributed by atoms with E-state index in [1.165, 1.54) is 23.1 Å². The molecular weight excluding hydrogens is 411 g/mol. The quantitative estimate of drug-likeness (QED) is 0.645. The molecule has 4 rings (SSSR count). The van der Waals surface area contributed by atoms with Crippen LogP contribution in [0.5, 0.6) is 5.75 Å². The molecule has 7 nitrogen and oxygen atoms in total. The third-order valence-corrected chi connectivity index (χ3v) is 5.66. The summed E-state index contributed by atoms with van der Waals surface area (Å²) in [7, 11) is 1.59. The van der Waals surface area contributed by atoms with Crippen LogP contribution in [0, 0.1) is 5.82 Å². The minimum absolute atomic E-state index is 0.0328. The van der Waals surface area contributed by atoms with Gasteiger partial charge in [-0.15, -0.1) is 0 Å². The van der Waals surface area contributed by atoms with Crippen LogP contribution in [0.3, 0.4) is 0 Å². The summed E-state index contributed by atoms with van der Waals surface area (Å²) in [5.41, 5.74) is 1.51. The van der Waals surface area contributed by atoms with Gasteiger partial charge < -0.3 is 15.0 Å². The topological polar surface area (TPSA) is 76.5 Å². The van der Waals surface area contributed by atoms with Gasteiger partial charge in [-0.2, -0.15) is 5.10 Å². The van der Waals surface area contributed by atoms with Gasteiger partial charge in [0, 0.05) is 30.9 Å². The van der Waals surface area contributed by atoms with Gasteiger partial charge >= 0.3 is 0 Å². The van der Waals surface area contributed by atoms with Crippen molar-refractivity contribution in [3.05, 3.63) is 77.9 Å². The first-order chi connectivity index (χ1) is 15.5. The molecule has 166 valence electrons. The van der Waals surface area contributed by atoms with Gasteiger partial charge in [0.05, 0.1) is 25.3 Å². The fourth-order valence-corrected chi connectivity index (χ4v) is 3.88. The molecule has 2 heterocycles. The second kappa shape index (κ2) is 9.64. The molecule has 2 aromatic carbocycles. The molecule has 1 fully saturated rings. The summed E-state index contributed by atoms with van der Waals surface area (Å²) in [6, 6.07) is 13.7. The maximum atomic E-state index is 13.9. The molecule has 8 heteroatoms. The Morgan fingerprint density at radius 2 is 1.84 bits per heavy atom. The molecule has 2 amide bonds. The van der Waals surface area contributed by atoms with Gasteiger partial charge in [0.1, 0.15) is 17.3 Å². The zero-order valence-corrected chi connectivity index (χ0v) is 17.8. The number of hydrogen-bond donors (Lipinski definition) is 1. The SMILES string of the molecule is COc1ccccc1CC(=O)N1CCC(NC(=O)c2cnn(-c3ccccc3F)c2)CC1. The molecule has 1 aliphatic rings. The third kappa shape index (κ3) is 4.80. The summed E-state index contributed by atoms with van der Waals surface area (Å²) in [6.07, 6.45) is 4.57. The highest BCUT2D eigenvalue weighted by Crippen LogP contribution is 2.20. The number of hydrogen-bond acceptors (Lipinski definition) is 4. The first kappa shape index (κ1) is 21.5. The molecule has 0 bridgehead atoms. The summed E-state index contributed by atoms with van der Waals surface area (Å²) in [4.78, 5) is 27.1. The van der Waals surface area contributed by atoms with E-state index >= 15 is 0 Å². The highest BCUT2D eigenvalue weighted by molar-refractivity contribution is 5.94. The maximum Gasteiger partial charge on any atom is 0.254 e. The van der Waals surface area contributed by atoms with Crippen molar-refractivity contribution in [1.82, 2.24) is 20.0 Å². The number of carbonyl (C=O) groups excluding carboxylic acids is 2. The van der Waals surface area contributed by atoms with Crippen molar-refractivity contribution in [2.24, 2.45) is 0 Å². The fraction of sp³-hybridized carbons (Fsp3) is 0.292. The molecule has 0 atom stereocenters. The van der Waals surface area contributed by atoms with E-state index in [-0.39, 0.29) is 30.0 Å². The fourth-order valence-electron chi connectivity index (χ4n) is 3.88. The van der Waals surface area contributed by atoms with Crippen molar-refractivity contribution in [2.75, 3.05) is 20.2 Å². The van der Waals surface area contributed by atoms with Crippen LogP contribution in [0.2, 0.25) is 0 Å². The molecule has 0 unspecified atom stereocenters. The number of benzene rings is 2. The van der Waals surface area contributed by atoms with Crippen LogP contribution in [0.4, 0.5) is 4.39 Å². The van der Waals surface area contributed by atoms with E-state index in [2.05, 4.69) is 10.4 Å². The average molecular weight is 436 g/mol. The Bertz CT molecular complexity index is 1110. The number of amides is 2. The van der Waals surface area contributed by atoms with Gasteiger partial charge in [0.25, 0.3) is 5.91 Å². The first-order valence-corrected chi connectivity index (χ1v) is 10.5. The van der Waals surface area contributed by atoms with E-state index in [4.69, 9.17) is 4.74 Å². The number of nitrogens with zero attached hydrogens (tertiary/aromatic N) is 3. The average Bonchev–Trinajstić information content (AvgIpc) is 3.30. The lowest BCUT2D eigenvalue weighted by Gasteiger charge is -2.32. The minimum Gasteiger partial charge on any atom is -0.496 e. The Labute approximate surface area is 185 Å². The summed E-state index contributed by atoms with van der Waals surface area (Å²) in [6.45, 7) is 1.15. The maximum absolute atomic E-state index is 13.9. The van der Waals surface area contributed by atoms with Crippen molar-refractivity contribution in [1.29, 1.82) is 0 Å². The second-order valence-electron chi connectivity index (χ2n) is 7.74. The summed E-state index contributed by atoms with van der Waals surface area (Å²) in [5, 5.41) is 7.10. The van der Waals surface area contributed by atoms with E-state index < -0.39 is 5.82 Å². The number of piperidine rings is 1. The molecule has 1 N–H and O–H groups in total. The number of para-hydroxylation sites is 2. The Morgan fingerprint density at radius 3 is 2.59 bits per heavy atom. The lowest BCUT2D eigenvalue weighted by atomic mass is 10.0. The van der Waals surface area contributed by atoms with E-state index in [1.807, 2.05) is 29.2 Å². The van der Waals surface area contributed by atoms with Crippen LogP contribution in [0.25, 0.3) is 5.69 Å². The first-order valence-electron chi connectivity index (χ1n) is 10.5. The Balaban J connectivity index is 1.30. The van der Waals surface area contributed by atoms with E-state index in [1.54, 1.807) is 25.3 Å². The molecule has 0 aliphatic carbocycles. The van der Waals surface area contributed by atoms with Gasteiger partial charge in [-0.05, 0) is 31.0 Å². The zero-order chi connectivity index (χ0) is 22.5. The zero-order valence-electron chi connectivity index (χ0n) is 17.8. The summed E-state index contributed by atoms with van der Waals surface area (Å²) in [5.74, 6) is 0.0866. The number of methoxy groups -OCH3 is 1. The lowest BCUT2D eigenvalue weighted by Crippen LogP contribution is -2.46. The second-order valence-corrected chi connectivity index (χ2v) is 7.74. The molecule has 1 saturated heterocycles. The van der Waals surface area contributed by atoms with Gasteiger partial charge in [-0.25, -0.2) is 9.07 Å². The normalized spacial score (nSPS) is 14.2. The molecular formula is C24H25FN4O3. The largest absolute Gasteiger partial charge is 0.496 e. The van der Waals surface area contributed by atoms with Crippen LogP contribution < -0.4 is 10.1 Å². The molecule has 3 aromatic rings. The van der Waals surface area contributed by atoms with Crippen molar-refractivity contribution in [2.45, 2.75) is 25.3 Å². The predicted molar refractivity (Wildman–Crippen MR) is 117 cm³/mol. The van der Waals surface area contributed by atoms with Crippen molar-refractivity contribution in [3.63, 3.8) is 0 Å². The van der Waals surface area contributed by atoms with Gasteiger partial charge in [0.15, 0.2) is 0 Å². The number of aromatic nitrogens is 2. The smallest absolute Gasteiger partial charge is 0.254 e. The Morgan fingerprint density at radius 1 is 1.12 bits per heavy atom. The predicted octanol–water partition coefficient (Wildman–Crippen LogP) is 2.98. The van der Waals surface area contributed by atoms with Crippen LogP contribution in [-0.4, -0.2) is 52.7 Å². The highest BCUT2D eigenvalue weighted by Gasteiger charge is 2.25. The molecule has 0 saturated carbocycles. The number of halogens is 1. The standard InChI is InChI=1S/C24H25FN4O3/c1-32-22-9-5-2-6-17(22)14-23(30)28-12-10-19(11-13-28)27-24(31)18-15-26-29(16-18)21-8-4-3-7-20(21)25/h2-9,15-16,19H,10-14H2,1H3,(H,27,31). The van der Waals surface area contributed by atoms with Crippen LogP contribution >= 0.6 is 0 Å². The number of rotatable bonds is 6. The molecule has 0 radical (unpaired) electrons. The van der Waals surface area contributed by atoms with Crippen molar-refractivity contribution in [3.8, 4) is 11.4 Å². The van der Waals surface area contributed by atoms with Crippen molar-refractivity contribution < 1.29 is 18.7 Å². The molecule has 32 heavy (non-hydrogen) atoms. The number of carbonyl (C=O) groups is 2. The molecule has 0 spiro atoms. The molecule has 1 aromatic heterocycles. The highest BCUT2D eigenvalue weighted by atomic mass is 19.1. The summed E-state index contributed by atoms with van der Waals surface area (Å²) >= 11 is 0. The lowest BCUT2D eigenvalue weighted by molar-refractivity contribution is -0.131. The van der Waals surface area contributed by atoms with E-state index in [9.17, 15) is 14.0 Å². The van der Waals surface area contributed by atoms with Crippen LogP contribution in [0.1, 0.15) is 28.8 Å². The number of likely N-dealkylation sites (tertiary alicyclic amines) is 1. The third-order valence-electron chi connectivity index (χ3n) is 5.66. The number of nitrogens with one attached hydrogen (secondary N) is 1. The molecule has 1 aliphatic heterocycles.